The summed E-state index contributed by atoms with van der Waals surface area (Å²) in [5.74, 6) is -2.33. The number of carboxylic acids is 1. The number of carbonyl (C=O) groups excluding carboxylic acids is 1. The highest BCUT2D eigenvalue weighted by molar-refractivity contribution is 6.01. The summed E-state index contributed by atoms with van der Waals surface area (Å²) in [5, 5.41) is 14.7. The monoisotopic (exact) mass is 266 g/mol. The second-order valence-corrected chi connectivity index (χ2v) is 4.53. The van der Waals surface area contributed by atoms with Crippen LogP contribution in [0.2, 0.25) is 0 Å². The number of hydrogen-bond acceptors (Lipinski definition) is 3. The minimum atomic E-state index is -1.27. The van der Waals surface area contributed by atoms with Crippen molar-refractivity contribution in [3.8, 4) is 0 Å². The SMILES string of the molecule is O=C(O)c1cc(F)ccc1NC(=O)[C@@H]1CCCNC1. The first kappa shape index (κ1) is 13.5. The molecule has 0 aliphatic carbocycles. The Morgan fingerprint density at radius 2 is 2.21 bits per heavy atom. The van der Waals surface area contributed by atoms with Crippen LogP contribution in [-0.4, -0.2) is 30.1 Å². The van der Waals surface area contributed by atoms with E-state index in [9.17, 15) is 14.0 Å². The van der Waals surface area contributed by atoms with E-state index in [0.717, 1.165) is 31.5 Å². The van der Waals surface area contributed by atoms with E-state index in [2.05, 4.69) is 10.6 Å². The van der Waals surface area contributed by atoms with Crippen molar-refractivity contribution >= 4 is 17.6 Å². The smallest absolute Gasteiger partial charge is 0.337 e. The third-order valence-corrected chi connectivity index (χ3v) is 3.14. The standard InChI is InChI=1S/C13H15FN2O3/c14-9-3-4-11(10(6-9)13(18)19)16-12(17)8-2-1-5-15-7-8/h3-4,6,8,15H,1-2,5,7H2,(H,16,17)(H,18,19)/t8-/m1/s1. The maximum absolute atomic E-state index is 13.0. The molecule has 0 unspecified atom stereocenters. The molecule has 0 bridgehead atoms. The van der Waals surface area contributed by atoms with E-state index >= 15 is 0 Å². The molecule has 1 aliphatic heterocycles. The van der Waals surface area contributed by atoms with Gasteiger partial charge in [-0.05, 0) is 37.6 Å². The Kier molecular flexibility index (Phi) is 4.11. The summed E-state index contributed by atoms with van der Waals surface area (Å²) in [6, 6.07) is 3.30. The van der Waals surface area contributed by atoms with Crippen molar-refractivity contribution < 1.29 is 19.1 Å². The molecule has 5 nitrogen and oxygen atoms in total. The van der Waals surface area contributed by atoms with Crippen molar-refractivity contribution in [2.24, 2.45) is 5.92 Å². The average molecular weight is 266 g/mol. The highest BCUT2D eigenvalue weighted by atomic mass is 19.1. The molecule has 0 spiro atoms. The quantitative estimate of drug-likeness (QED) is 0.774. The second-order valence-electron chi connectivity index (χ2n) is 4.53. The van der Waals surface area contributed by atoms with Crippen LogP contribution in [-0.2, 0) is 4.79 Å². The van der Waals surface area contributed by atoms with E-state index in [4.69, 9.17) is 5.11 Å². The summed E-state index contributed by atoms with van der Waals surface area (Å²) in [6.07, 6.45) is 1.68. The van der Waals surface area contributed by atoms with Gasteiger partial charge in [0.2, 0.25) is 5.91 Å². The molecule has 3 N–H and O–H groups in total. The van der Waals surface area contributed by atoms with Gasteiger partial charge in [0, 0.05) is 6.54 Å². The second kappa shape index (κ2) is 5.79. The van der Waals surface area contributed by atoms with Crippen LogP contribution in [0, 0.1) is 11.7 Å². The number of amides is 1. The number of nitrogens with one attached hydrogen (secondary N) is 2. The molecule has 0 aromatic heterocycles. The maximum Gasteiger partial charge on any atom is 0.337 e. The largest absolute Gasteiger partial charge is 0.478 e. The third kappa shape index (κ3) is 3.29. The Balaban J connectivity index is 2.13. The molecule has 1 saturated heterocycles. The molecule has 1 amide bonds. The number of carboxylic acid groups (broad SMARTS) is 1. The molecule has 6 heteroatoms. The predicted molar refractivity (Wildman–Crippen MR) is 67.6 cm³/mol. The van der Waals surface area contributed by atoms with Gasteiger partial charge in [-0.2, -0.15) is 0 Å². The van der Waals surface area contributed by atoms with Crippen LogP contribution >= 0.6 is 0 Å². The number of rotatable bonds is 3. The fourth-order valence-corrected chi connectivity index (χ4v) is 2.11. The predicted octanol–water partition coefficient (Wildman–Crippen LogP) is 1.46. The molecule has 1 heterocycles. The number of piperidine rings is 1. The molecule has 1 atom stereocenters. The average Bonchev–Trinajstić information content (AvgIpc) is 2.41. The molecule has 19 heavy (non-hydrogen) atoms. The lowest BCUT2D eigenvalue weighted by Crippen LogP contribution is -2.37. The van der Waals surface area contributed by atoms with Crippen LogP contribution in [0.15, 0.2) is 18.2 Å². The summed E-state index contributed by atoms with van der Waals surface area (Å²) >= 11 is 0. The highest BCUT2D eigenvalue weighted by Gasteiger charge is 2.22. The van der Waals surface area contributed by atoms with Gasteiger partial charge in [0.1, 0.15) is 5.82 Å². The normalized spacial score (nSPS) is 18.9. The zero-order valence-electron chi connectivity index (χ0n) is 10.3. The Bertz CT molecular complexity index is 499. The van der Waals surface area contributed by atoms with Gasteiger partial charge < -0.3 is 15.7 Å². The number of aromatic carboxylic acids is 1. The summed E-state index contributed by atoms with van der Waals surface area (Å²) < 4.78 is 13.0. The first-order valence-electron chi connectivity index (χ1n) is 6.12. The first-order chi connectivity index (χ1) is 9.08. The van der Waals surface area contributed by atoms with Gasteiger partial charge in [0.05, 0.1) is 17.2 Å². The lowest BCUT2D eigenvalue weighted by molar-refractivity contribution is -0.120. The first-order valence-corrected chi connectivity index (χ1v) is 6.12. The minimum absolute atomic E-state index is 0.129. The minimum Gasteiger partial charge on any atom is -0.478 e. The van der Waals surface area contributed by atoms with Crippen LogP contribution < -0.4 is 10.6 Å². The van der Waals surface area contributed by atoms with Gasteiger partial charge in [-0.25, -0.2) is 9.18 Å². The molecule has 2 rings (SSSR count). The van der Waals surface area contributed by atoms with Crippen molar-refractivity contribution in [2.45, 2.75) is 12.8 Å². The Labute approximate surface area is 109 Å². The fourth-order valence-electron chi connectivity index (χ4n) is 2.11. The van der Waals surface area contributed by atoms with Crippen LogP contribution in [0.4, 0.5) is 10.1 Å². The van der Waals surface area contributed by atoms with E-state index in [1.807, 2.05) is 0 Å². The lowest BCUT2D eigenvalue weighted by Gasteiger charge is -2.22. The highest BCUT2D eigenvalue weighted by Crippen LogP contribution is 2.19. The van der Waals surface area contributed by atoms with E-state index in [1.54, 1.807) is 0 Å². The van der Waals surface area contributed by atoms with Gasteiger partial charge in [0.25, 0.3) is 0 Å². The van der Waals surface area contributed by atoms with Gasteiger partial charge >= 0.3 is 5.97 Å². The molecule has 1 aromatic carbocycles. The van der Waals surface area contributed by atoms with Crippen LogP contribution in [0.25, 0.3) is 0 Å². The van der Waals surface area contributed by atoms with Crippen molar-refractivity contribution in [3.63, 3.8) is 0 Å². The molecular formula is C13H15FN2O3. The summed E-state index contributed by atoms with van der Waals surface area (Å²) in [4.78, 5) is 23.0. The van der Waals surface area contributed by atoms with E-state index in [1.165, 1.54) is 6.07 Å². The van der Waals surface area contributed by atoms with Gasteiger partial charge in [0.15, 0.2) is 0 Å². The van der Waals surface area contributed by atoms with Crippen molar-refractivity contribution in [1.29, 1.82) is 0 Å². The van der Waals surface area contributed by atoms with Gasteiger partial charge in [-0.15, -0.1) is 0 Å². The number of benzene rings is 1. The molecule has 1 fully saturated rings. The molecule has 1 aliphatic rings. The van der Waals surface area contributed by atoms with Crippen molar-refractivity contribution in [3.05, 3.63) is 29.6 Å². The molecule has 0 radical (unpaired) electrons. The summed E-state index contributed by atoms with van der Waals surface area (Å²) in [5.41, 5.74) is -0.110. The van der Waals surface area contributed by atoms with Crippen LogP contribution in [0.5, 0.6) is 0 Å². The van der Waals surface area contributed by atoms with Gasteiger partial charge in [-0.3, -0.25) is 4.79 Å². The maximum atomic E-state index is 13.0. The number of carbonyl (C=O) groups is 2. The summed E-state index contributed by atoms with van der Waals surface area (Å²) in [7, 11) is 0. The van der Waals surface area contributed by atoms with Crippen molar-refractivity contribution in [2.75, 3.05) is 18.4 Å². The molecule has 102 valence electrons. The van der Waals surface area contributed by atoms with E-state index < -0.39 is 11.8 Å². The Morgan fingerprint density at radius 1 is 1.42 bits per heavy atom. The molecular weight excluding hydrogens is 251 g/mol. The zero-order valence-corrected chi connectivity index (χ0v) is 10.3. The Hall–Kier alpha value is -1.95. The number of anilines is 1. The molecule has 0 saturated carbocycles. The topological polar surface area (TPSA) is 78.4 Å². The molecule has 1 aromatic rings. The van der Waals surface area contributed by atoms with Crippen molar-refractivity contribution in [1.82, 2.24) is 5.32 Å². The number of halogens is 1. The number of hydrogen-bond donors (Lipinski definition) is 3. The fraction of sp³-hybridized carbons (Fsp3) is 0.385. The zero-order chi connectivity index (χ0) is 13.8. The van der Waals surface area contributed by atoms with Gasteiger partial charge in [-0.1, -0.05) is 0 Å². The summed E-state index contributed by atoms with van der Waals surface area (Å²) in [6.45, 7) is 1.47. The van der Waals surface area contributed by atoms with Crippen LogP contribution in [0.3, 0.4) is 0 Å². The van der Waals surface area contributed by atoms with E-state index in [-0.39, 0.29) is 23.1 Å². The third-order valence-electron chi connectivity index (χ3n) is 3.14. The Morgan fingerprint density at radius 3 is 2.84 bits per heavy atom. The van der Waals surface area contributed by atoms with Crippen LogP contribution in [0.1, 0.15) is 23.2 Å². The lowest BCUT2D eigenvalue weighted by atomic mass is 9.98. The van der Waals surface area contributed by atoms with E-state index in [0.29, 0.717) is 6.54 Å².